The first-order chi connectivity index (χ1) is 9.90. The van der Waals surface area contributed by atoms with E-state index in [-0.39, 0.29) is 24.8 Å². The van der Waals surface area contributed by atoms with Gasteiger partial charge in [-0.25, -0.2) is 0 Å². The first kappa shape index (κ1) is 19.2. The van der Waals surface area contributed by atoms with Crippen LogP contribution in [0.25, 0.3) is 10.9 Å². The Bertz CT molecular complexity index is 565. The molecule has 0 unspecified atom stereocenters. The van der Waals surface area contributed by atoms with E-state index in [1.807, 2.05) is 6.20 Å². The Balaban J connectivity index is 0.00000121. The lowest BCUT2D eigenvalue weighted by molar-refractivity contribution is 0.165. The second-order valence-electron chi connectivity index (χ2n) is 5.51. The molecule has 0 radical (unpaired) electrons. The van der Waals surface area contributed by atoms with Crippen LogP contribution in [0.3, 0.4) is 0 Å². The molecule has 1 N–H and O–H groups in total. The first-order valence-corrected chi connectivity index (χ1v) is 7.68. The van der Waals surface area contributed by atoms with Gasteiger partial charge in [-0.2, -0.15) is 0 Å². The van der Waals surface area contributed by atoms with Crippen molar-refractivity contribution < 1.29 is 0 Å². The minimum Gasteiger partial charge on any atom is -0.314 e. The maximum atomic E-state index is 4.50. The minimum atomic E-state index is 0. The van der Waals surface area contributed by atoms with Gasteiger partial charge in [0.15, 0.2) is 0 Å². The van der Waals surface area contributed by atoms with Crippen molar-refractivity contribution in [1.29, 1.82) is 0 Å². The van der Waals surface area contributed by atoms with Gasteiger partial charge in [0.2, 0.25) is 0 Å². The molecule has 0 aliphatic carbocycles. The van der Waals surface area contributed by atoms with Gasteiger partial charge >= 0.3 is 0 Å². The lowest BCUT2D eigenvalue weighted by Crippen LogP contribution is -2.45. The summed E-state index contributed by atoms with van der Waals surface area (Å²) in [6.45, 7) is 6.76. The number of hydrogen-bond donors (Lipinski definition) is 1. The zero-order chi connectivity index (χ0) is 13.8. The van der Waals surface area contributed by atoms with Gasteiger partial charge in [0.1, 0.15) is 0 Å². The van der Waals surface area contributed by atoms with Crippen LogP contribution in [0.2, 0.25) is 0 Å². The summed E-state index contributed by atoms with van der Waals surface area (Å²) in [5.41, 5.74) is 2.56. The predicted octanol–water partition coefficient (Wildman–Crippen LogP) is 3.82. The Labute approximate surface area is 145 Å². The molecule has 2 heterocycles. The standard InChI is InChI=1S/C17H23N3.2ClH/c1-2-5-17(20-12-10-18-11-13-20)15-8-9-19-16-7-4-3-6-14(15)16;;/h3-4,6-9,17-18H,2,5,10-13H2,1H3;2*1H/t17-;;/m0../s1. The molecule has 3 rings (SSSR count). The molecule has 1 aromatic carbocycles. The Hall–Kier alpha value is -0.870. The number of piperazine rings is 1. The number of fused-ring (bicyclic) bond motifs is 1. The Kier molecular flexibility index (Phi) is 8.12. The van der Waals surface area contributed by atoms with E-state index in [0.717, 1.165) is 31.7 Å². The number of halogens is 2. The van der Waals surface area contributed by atoms with Crippen LogP contribution in [0.1, 0.15) is 31.4 Å². The van der Waals surface area contributed by atoms with Crippen molar-refractivity contribution >= 4 is 35.7 Å². The van der Waals surface area contributed by atoms with E-state index in [1.165, 1.54) is 23.8 Å². The Morgan fingerprint density at radius 2 is 1.86 bits per heavy atom. The summed E-state index contributed by atoms with van der Waals surface area (Å²) in [6.07, 6.45) is 4.39. The van der Waals surface area contributed by atoms with Crippen molar-refractivity contribution in [2.75, 3.05) is 26.2 Å². The van der Waals surface area contributed by atoms with Gasteiger partial charge in [0, 0.05) is 43.8 Å². The number of benzene rings is 1. The van der Waals surface area contributed by atoms with E-state index in [0.29, 0.717) is 6.04 Å². The quantitative estimate of drug-likeness (QED) is 0.915. The molecule has 1 saturated heterocycles. The van der Waals surface area contributed by atoms with Crippen molar-refractivity contribution in [2.45, 2.75) is 25.8 Å². The lowest BCUT2D eigenvalue weighted by atomic mass is 9.96. The van der Waals surface area contributed by atoms with Crippen LogP contribution in [-0.2, 0) is 0 Å². The third kappa shape index (κ3) is 4.11. The minimum absolute atomic E-state index is 0. The molecule has 0 bridgehead atoms. The van der Waals surface area contributed by atoms with Gasteiger partial charge in [-0.15, -0.1) is 24.8 Å². The van der Waals surface area contributed by atoms with Crippen LogP contribution in [-0.4, -0.2) is 36.1 Å². The molecule has 1 atom stereocenters. The van der Waals surface area contributed by atoms with Gasteiger partial charge in [-0.3, -0.25) is 9.88 Å². The molecule has 0 amide bonds. The first-order valence-electron chi connectivity index (χ1n) is 7.68. The second kappa shape index (κ2) is 9.31. The van der Waals surface area contributed by atoms with E-state index in [9.17, 15) is 0 Å². The van der Waals surface area contributed by atoms with E-state index in [2.05, 4.69) is 52.5 Å². The fraction of sp³-hybridized carbons (Fsp3) is 0.471. The van der Waals surface area contributed by atoms with Gasteiger partial charge in [-0.05, 0) is 24.1 Å². The lowest BCUT2D eigenvalue weighted by Gasteiger charge is -2.35. The summed E-state index contributed by atoms with van der Waals surface area (Å²) < 4.78 is 0. The molecule has 0 saturated carbocycles. The van der Waals surface area contributed by atoms with Crippen LogP contribution in [0.4, 0.5) is 0 Å². The summed E-state index contributed by atoms with van der Waals surface area (Å²) in [5, 5.41) is 4.76. The molecule has 1 aliphatic heterocycles. The highest BCUT2D eigenvalue weighted by atomic mass is 35.5. The molecule has 122 valence electrons. The number of aromatic nitrogens is 1. The van der Waals surface area contributed by atoms with Crippen molar-refractivity contribution in [3.63, 3.8) is 0 Å². The number of nitrogens with one attached hydrogen (secondary N) is 1. The summed E-state index contributed by atoms with van der Waals surface area (Å²) in [7, 11) is 0. The average molecular weight is 342 g/mol. The van der Waals surface area contributed by atoms with Gasteiger partial charge < -0.3 is 5.32 Å². The number of pyridine rings is 1. The number of nitrogens with zero attached hydrogens (tertiary/aromatic N) is 2. The Morgan fingerprint density at radius 1 is 1.14 bits per heavy atom. The second-order valence-corrected chi connectivity index (χ2v) is 5.51. The van der Waals surface area contributed by atoms with Gasteiger partial charge in [0.05, 0.1) is 5.52 Å². The number of hydrogen-bond acceptors (Lipinski definition) is 3. The van der Waals surface area contributed by atoms with E-state index in [4.69, 9.17) is 0 Å². The molecular formula is C17H25Cl2N3. The molecule has 1 aliphatic rings. The van der Waals surface area contributed by atoms with E-state index < -0.39 is 0 Å². The smallest absolute Gasteiger partial charge is 0.0705 e. The van der Waals surface area contributed by atoms with Crippen molar-refractivity contribution in [3.8, 4) is 0 Å². The SMILES string of the molecule is CCC[C@@H](c1ccnc2ccccc12)N1CCNCC1.Cl.Cl. The van der Waals surface area contributed by atoms with Crippen LogP contribution in [0.5, 0.6) is 0 Å². The van der Waals surface area contributed by atoms with Crippen LogP contribution in [0, 0.1) is 0 Å². The highest BCUT2D eigenvalue weighted by Gasteiger charge is 2.22. The highest BCUT2D eigenvalue weighted by molar-refractivity contribution is 5.85. The van der Waals surface area contributed by atoms with Crippen molar-refractivity contribution in [2.24, 2.45) is 0 Å². The predicted molar refractivity (Wildman–Crippen MR) is 98.3 cm³/mol. The summed E-state index contributed by atoms with van der Waals surface area (Å²) in [5.74, 6) is 0. The van der Waals surface area contributed by atoms with Gasteiger partial charge in [-0.1, -0.05) is 31.5 Å². The van der Waals surface area contributed by atoms with Crippen LogP contribution >= 0.6 is 24.8 Å². The molecule has 1 aromatic heterocycles. The van der Waals surface area contributed by atoms with E-state index >= 15 is 0 Å². The van der Waals surface area contributed by atoms with Crippen LogP contribution < -0.4 is 5.32 Å². The molecular weight excluding hydrogens is 317 g/mol. The normalized spacial score (nSPS) is 16.6. The number of rotatable bonds is 4. The monoisotopic (exact) mass is 341 g/mol. The third-order valence-electron chi connectivity index (χ3n) is 4.20. The molecule has 5 heteroatoms. The zero-order valence-corrected chi connectivity index (χ0v) is 14.6. The largest absolute Gasteiger partial charge is 0.314 e. The topological polar surface area (TPSA) is 28.2 Å². The molecule has 3 nitrogen and oxygen atoms in total. The number of para-hydroxylation sites is 1. The maximum Gasteiger partial charge on any atom is 0.0705 e. The Morgan fingerprint density at radius 3 is 2.59 bits per heavy atom. The zero-order valence-electron chi connectivity index (χ0n) is 13.0. The van der Waals surface area contributed by atoms with Crippen molar-refractivity contribution in [3.05, 3.63) is 42.1 Å². The highest BCUT2D eigenvalue weighted by Crippen LogP contribution is 2.30. The molecule has 0 spiro atoms. The molecule has 22 heavy (non-hydrogen) atoms. The fourth-order valence-corrected chi connectivity index (χ4v) is 3.21. The van der Waals surface area contributed by atoms with Gasteiger partial charge in [0.25, 0.3) is 0 Å². The summed E-state index contributed by atoms with van der Waals surface area (Å²) in [4.78, 5) is 7.13. The van der Waals surface area contributed by atoms with Crippen LogP contribution in [0.15, 0.2) is 36.5 Å². The molecule has 1 fully saturated rings. The molecule has 2 aromatic rings. The average Bonchev–Trinajstić information content (AvgIpc) is 2.53. The van der Waals surface area contributed by atoms with E-state index in [1.54, 1.807) is 0 Å². The third-order valence-corrected chi connectivity index (χ3v) is 4.20. The summed E-state index contributed by atoms with van der Waals surface area (Å²) >= 11 is 0. The fourth-order valence-electron chi connectivity index (χ4n) is 3.21. The summed E-state index contributed by atoms with van der Waals surface area (Å²) in [6, 6.07) is 11.2. The van der Waals surface area contributed by atoms with Crippen molar-refractivity contribution in [1.82, 2.24) is 15.2 Å². The maximum absolute atomic E-state index is 4.50.